The molecule has 0 bridgehead atoms. The number of thiophene rings is 1. The van der Waals surface area contributed by atoms with Crippen LogP contribution in [0.25, 0.3) is 0 Å². The van der Waals surface area contributed by atoms with Crippen molar-refractivity contribution in [1.82, 2.24) is 0 Å². The highest BCUT2D eigenvalue weighted by Gasteiger charge is 2.06. The van der Waals surface area contributed by atoms with Gasteiger partial charge in [0, 0.05) is 22.7 Å². The molecular formula is C12H10BrFN2S2. The second-order valence-electron chi connectivity index (χ2n) is 3.62. The average molecular weight is 345 g/mol. The van der Waals surface area contributed by atoms with Crippen molar-refractivity contribution in [3.8, 4) is 0 Å². The van der Waals surface area contributed by atoms with Crippen LogP contribution in [-0.2, 0) is 6.54 Å². The SMILES string of the molecule is NC(=S)c1ccc(NCc2ccc(Br)s2)cc1F. The lowest BCUT2D eigenvalue weighted by Crippen LogP contribution is -2.11. The molecule has 0 aliphatic carbocycles. The first-order chi connectivity index (χ1) is 8.56. The fourth-order valence-electron chi connectivity index (χ4n) is 1.46. The average Bonchev–Trinajstić information content (AvgIpc) is 2.72. The predicted octanol–water partition coefficient (Wildman–Crippen LogP) is 3.90. The van der Waals surface area contributed by atoms with Crippen molar-refractivity contribution in [3.05, 3.63) is 50.4 Å². The van der Waals surface area contributed by atoms with Gasteiger partial charge in [0.2, 0.25) is 0 Å². The van der Waals surface area contributed by atoms with Gasteiger partial charge in [0.1, 0.15) is 10.8 Å². The highest BCUT2D eigenvalue weighted by Crippen LogP contribution is 2.23. The number of nitrogens with one attached hydrogen (secondary N) is 1. The van der Waals surface area contributed by atoms with E-state index in [2.05, 4.69) is 21.2 Å². The van der Waals surface area contributed by atoms with Gasteiger partial charge in [-0.15, -0.1) is 11.3 Å². The molecule has 0 spiro atoms. The molecule has 0 saturated carbocycles. The van der Waals surface area contributed by atoms with Crippen molar-refractivity contribution >= 4 is 50.2 Å². The Bertz CT molecular complexity index is 583. The summed E-state index contributed by atoms with van der Waals surface area (Å²) in [5.41, 5.74) is 6.38. The van der Waals surface area contributed by atoms with E-state index in [4.69, 9.17) is 18.0 Å². The molecule has 94 valence electrons. The quantitative estimate of drug-likeness (QED) is 0.826. The highest BCUT2D eigenvalue weighted by atomic mass is 79.9. The van der Waals surface area contributed by atoms with E-state index in [1.165, 1.54) is 10.9 Å². The largest absolute Gasteiger partial charge is 0.389 e. The molecule has 18 heavy (non-hydrogen) atoms. The summed E-state index contributed by atoms with van der Waals surface area (Å²) in [6, 6.07) is 8.75. The first-order valence-corrected chi connectivity index (χ1v) is 7.15. The number of hydrogen-bond acceptors (Lipinski definition) is 3. The fourth-order valence-corrected chi connectivity index (χ4v) is 3.05. The third-order valence-electron chi connectivity index (χ3n) is 2.33. The zero-order valence-corrected chi connectivity index (χ0v) is 12.5. The van der Waals surface area contributed by atoms with E-state index < -0.39 is 5.82 Å². The van der Waals surface area contributed by atoms with Crippen LogP contribution in [0, 0.1) is 5.82 Å². The predicted molar refractivity (Wildman–Crippen MR) is 81.6 cm³/mol. The summed E-state index contributed by atoms with van der Waals surface area (Å²) in [6.45, 7) is 0.655. The lowest BCUT2D eigenvalue weighted by Gasteiger charge is -2.07. The van der Waals surface area contributed by atoms with Crippen molar-refractivity contribution < 1.29 is 4.39 Å². The molecule has 0 aliphatic heterocycles. The topological polar surface area (TPSA) is 38.0 Å². The van der Waals surface area contributed by atoms with Crippen LogP contribution in [0.5, 0.6) is 0 Å². The van der Waals surface area contributed by atoms with Gasteiger partial charge in [-0.05, 0) is 46.3 Å². The molecule has 0 saturated heterocycles. The molecule has 6 heteroatoms. The zero-order valence-electron chi connectivity index (χ0n) is 9.24. The van der Waals surface area contributed by atoms with Gasteiger partial charge < -0.3 is 11.1 Å². The Balaban J connectivity index is 2.06. The van der Waals surface area contributed by atoms with Crippen LogP contribution in [0.1, 0.15) is 10.4 Å². The number of benzene rings is 1. The summed E-state index contributed by atoms with van der Waals surface area (Å²) in [5, 5.41) is 3.15. The van der Waals surface area contributed by atoms with Crippen LogP contribution in [0.15, 0.2) is 34.1 Å². The Labute approximate surface area is 122 Å². The number of halogens is 2. The molecule has 1 aromatic heterocycles. The van der Waals surface area contributed by atoms with Gasteiger partial charge in [-0.3, -0.25) is 0 Å². The third kappa shape index (κ3) is 3.28. The van der Waals surface area contributed by atoms with E-state index in [0.717, 1.165) is 3.79 Å². The minimum absolute atomic E-state index is 0.0706. The Morgan fingerprint density at radius 1 is 1.39 bits per heavy atom. The number of thiocarbonyl (C=S) groups is 1. The minimum atomic E-state index is -0.403. The Morgan fingerprint density at radius 3 is 2.72 bits per heavy atom. The molecule has 2 aromatic rings. The van der Waals surface area contributed by atoms with E-state index in [0.29, 0.717) is 12.2 Å². The summed E-state index contributed by atoms with van der Waals surface area (Å²) in [4.78, 5) is 1.24. The molecule has 2 rings (SSSR count). The van der Waals surface area contributed by atoms with Crippen LogP contribution in [0.2, 0.25) is 0 Å². The summed E-state index contributed by atoms with van der Waals surface area (Å²) in [6.07, 6.45) is 0. The standard InChI is InChI=1S/C12H10BrFN2S2/c13-11-4-2-8(18-11)6-16-7-1-3-9(12(15)17)10(14)5-7/h1-5,16H,6H2,(H2,15,17). The van der Waals surface area contributed by atoms with Crippen LogP contribution < -0.4 is 11.1 Å². The van der Waals surface area contributed by atoms with E-state index >= 15 is 0 Å². The van der Waals surface area contributed by atoms with Crippen LogP contribution in [0.3, 0.4) is 0 Å². The van der Waals surface area contributed by atoms with Gasteiger partial charge in [0.25, 0.3) is 0 Å². The van der Waals surface area contributed by atoms with Gasteiger partial charge in [-0.2, -0.15) is 0 Å². The Morgan fingerprint density at radius 2 is 2.17 bits per heavy atom. The Hall–Kier alpha value is -0.980. The van der Waals surface area contributed by atoms with E-state index in [9.17, 15) is 4.39 Å². The molecule has 0 amide bonds. The summed E-state index contributed by atoms with van der Waals surface area (Å²) >= 11 is 9.79. The zero-order chi connectivity index (χ0) is 13.1. The fraction of sp³-hybridized carbons (Fsp3) is 0.0833. The van der Waals surface area contributed by atoms with E-state index in [1.54, 1.807) is 23.5 Å². The maximum absolute atomic E-state index is 13.6. The molecule has 1 aromatic carbocycles. The monoisotopic (exact) mass is 344 g/mol. The first-order valence-electron chi connectivity index (χ1n) is 5.13. The summed E-state index contributed by atoms with van der Waals surface area (Å²) in [7, 11) is 0. The number of nitrogens with two attached hydrogens (primary N) is 1. The minimum Gasteiger partial charge on any atom is -0.389 e. The van der Waals surface area contributed by atoms with Crippen LogP contribution in [0.4, 0.5) is 10.1 Å². The van der Waals surface area contributed by atoms with Crippen molar-refractivity contribution in [2.24, 2.45) is 5.73 Å². The molecule has 1 heterocycles. The van der Waals surface area contributed by atoms with E-state index in [1.807, 2.05) is 12.1 Å². The molecule has 0 aliphatic rings. The van der Waals surface area contributed by atoms with Crippen molar-refractivity contribution in [2.45, 2.75) is 6.54 Å². The maximum Gasteiger partial charge on any atom is 0.135 e. The lowest BCUT2D eigenvalue weighted by atomic mass is 10.2. The Kier molecular flexibility index (Phi) is 4.31. The van der Waals surface area contributed by atoms with Gasteiger partial charge in [0.15, 0.2) is 0 Å². The summed E-state index contributed by atoms with van der Waals surface area (Å²) in [5.74, 6) is -0.403. The molecule has 0 unspecified atom stereocenters. The molecular weight excluding hydrogens is 335 g/mol. The van der Waals surface area contributed by atoms with Crippen LogP contribution >= 0.6 is 39.5 Å². The molecule has 3 N–H and O–H groups in total. The number of anilines is 1. The van der Waals surface area contributed by atoms with Crippen molar-refractivity contribution in [1.29, 1.82) is 0 Å². The molecule has 0 fully saturated rings. The second kappa shape index (κ2) is 5.77. The van der Waals surface area contributed by atoms with Crippen molar-refractivity contribution in [2.75, 3.05) is 5.32 Å². The van der Waals surface area contributed by atoms with Crippen molar-refractivity contribution in [3.63, 3.8) is 0 Å². The molecule has 0 atom stereocenters. The highest BCUT2D eigenvalue weighted by molar-refractivity contribution is 9.11. The number of rotatable bonds is 4. The van der Waals surface area contributed by atoms with Gasteiger partial charge in [-0.25, -0.2) is 4.39 Å². The first kappa shape index (κ1) is 13.5. The third-order valence-corrected chi connectivity index (χ3v) is 4.17. The van der Waals surface area contributed by atoms with E-state index in [-0.39, 0.29) is 10.6 Å². The molecule has 0 radical (unpaired) electrons. The number of hydrogen-bond donors (Lipinski definition) is 2. The smallest absolute Gasteiger partial charge is 0.135 e. The normalized spacial score (nSPS) is 10.3. The summed E-state index contributed by atoms with van der Waals surface area (Å²) < 4.78 is 14.7. The van der Waals surface area contributed by atoms with Gasteiger partial charge >= 0.3 is 0 Å². The van der Waals surface area contributed by atoms with Gasteiger partial charge in [-0.1, -0.05) is 12.2 Å². The molecule has 2 nitrogen and oxygen atoms in total. The van der Waals surface area contributed by atoms with Crippen LogP contribution in [-0.4, -0.2) is 4.99 Å². The lowest BCUT2D eigenvalue weighted by molar-refractivity contribution is 0.626. The maximum atomic E-state index is 13.6. The van der Waals surface area contributed by atoms with Gasteiger partial charge in [0.05, 0.1) is 3.79 Å². The second-order valence-corrected chi connectivity index (χ2v) is 6.61.